The third-order valence-electron chi connectivity index (χ3n) is 2.92. The van der Waals surface area contributed by atoms with Gasteiger partial charge in [-0.2, -0.15) is 0 Å². The molecule has 6 nitrogen and oxygen atoms in total. The molecule has 1 unspecified atom stereocenters. The van der Waals surface area contributed by atoms with Crippen molar-refractivity contribution in [2.75, 3.05) is 26.8 Å². The molecule has 1 aromatic heterocycles. The molecule has 1 amide bonds. The maximum absolute atomic E-state index is 12.0. The first kappa shape index (κ1) is 13.0. The van der Waals surface area contributed by atoms with Crippen LogP contribution >= 0.6 is 0 Å². The maximum Gasteiger partial charge on any atom is 0.224 e. The van der Waals surface area contributed by atoms with Crippen LogP contribution in [0.1, 0.15) is 17.9 Å². The molecule has 0 spiro atoms. The van der Waals surface area contributed by atoms with E-state index in [1.807, 2.05) is 13.0 Å². The fraction of sp³-hybridized carbons (Fsp3) is 0.667. The zero-order valence-corrected chi connectivity index (χ0v) is 10.8. The summed E-state index contributed by atoms with van der Waals surface area (Å²) in [5, 5.41) is 7.14. The van der Waals surface area contributed by atoms with Gasteiger partial charge in [-0.15, -0.1) is 0 Å². The van der Waals surface area contributed by atoms with Crippen LogP contribution in [0.5, 0.6) is 0 Å². The number of carbonyl (C=O) groups is 1. The van der Waals surface area contributed by atoms with Crippen LogP contribution in [0.15, 0.2) is 10.6 Å². The topological polar surface area (TPSA) is 67.6 Å². The molecule has 1 fully saturated rings. The summed E-state index contributed by atoms with van der Waals surface area (Å²) < 4.78 is 10.3. The average molecular weight is 253 g/mol. The van der Waals surface area contributed by atoms with E-state index in [0.717, 1.165) is 24.6 Å². The lowest BCUT2D eigenvalue weighted by atomic mass is 10.2. The van der Waals surface area contributed by atoms with Gasteiger partial charge in [0, 0.05) is 32.1 Å². The Morgan fingerprint density at radius 1 is 1.67 bits per heavy atom. The summed E-state index contributed by atoms with van der Waals surface area (Å²) in [6, 6.07) is 1.96. The molecule has 2 heterocycles. The standard InChI is InChI=1S/C12H19N3O3/c1-9-5-10(14-18-9)7-15(2)12(16)6-11-8-17-4-3-13-11/h5,11,13H,3-4,6-8H2,1-2H3. The number of nitrogens with one attached hydrogen (secondary N) is 1. The highest BCUT2D eigenvalue weighted by molar-refractivity contribution is 5.76. The predicted molar refractivity (Wildman–Crippen MR) is 64.9 cm³/mol. The first-order chi connectivity index (χ1) is 8.65. The molecule has 1 aromatic rings. The highest BCUT2D eigenvalue weighted by Crippen LogP contribution is 2.07. The lowest BCUT2D eigenvalue weighted by Crippen LogP contribution is -2.44. The Hall–Kier alpha value is -1.40. The van der Waals surface area contributed by atoms with E-state index < -0.39 is 0 Å². The van der Waals surface area contributed by atoms with Crippen molar-refractivity contribution in [1.29, 1.82) is 0 Å². The number of carbonyl (C=O) groups excluding carboxylic acids is 1. The number of ether oxygens (including phenoxy) is 1. The van der Waals surface area contributed by atoms with E-state index in [9.17, 15) is 4.79 Å². The van der Waals surface area contributed by atoms with E-state index in [1.54, 1.807) is 11.9 Å². The van der Waals surface area contributed by atoms with Crippen molar-refractivity contribution in [3.05, 3.63) is 17.5 Å². The first-order valence-corrected chi connectivity index (χ1v) is 6.12. The van der Waals surface area contributed by atoms with E-state index >= 15 is 0 Å². The average Bonchev–Trinajstić information content (AvgIpc) is 2.76. The number of hydrogen-bond acceptors (Lipinski definition) is 5. The van der Waals surface area contributed by atoms with Crippen LogP contribution in [0.4, 0.5) is 0 Å². The summed E-state index contributed by atoms with van der Waals surface area (Å²) in [5.41, 5.74) is 0.774. The molecule has 0 bridgehead atoms. The molecule has 0 radical (unpaired) electrons. The first-order valence-electron chi connectivity index (χ1n) is 6.12. The van der Waals surface area contributed by atoms with Gasteiger partial charge in [0.2, 0.25) is 5.91 Å². The number of rotatable bonds is 4. The molecular formula is C12H19N3O3. The van der Waals surface area contributed by atoms with E-state index in [2.05, 4.69) is 10.5 Å². The number of aromatic nitrogens is 1. The van der Waals surface area contributed by atoms with Gasteiger partial charge in [0.15, 0.2) is 0 Å². The molecule has 1 atom stereocenters. The van der Waals surface area contributed by atoms with Crippen LogP contribution in [0.3, 0.4) is 0 Å². The van der Waals surface area contributed by atoms with Gasteiger partial charge in [-0.25, -0.2) is 0 Å². The number of morpholine rings is 1. The molecule has 0 aliphatic carbocycles. The Balaban J connectivity index is 1.80. The molecule has 1 aliphatic heterocycles. The van der Waals surface area contributed by atoms with Crippen molar-refractivity contribution in [3.63, 3.8) is 0 Å². The summed E-state index contributed by atoms with van der Waals surface area (Å²) in [7, 11) is 1.77. The van der Waals surface area contributed by atoms with Crippen LogP contribution in [0, 0.1) is 6.92 Å². The number of hydrogen-bond donors (Lipinski definition) is 1. The highest BCUT2D eigenvalue weighted by Gasteiger charge is 2.19. The number of amides is 1. The molecule has 1 N–H and O–H groups in total. The van der Waals surface area contributed by atoms with Crippen molar-refractivity contribution in [1.82, 2.24) is 15.4 Å². The largest absolute Gasteiger partial charge is 0.378 e. The van der Waals surface area contributed by atoms with Crippen molar-refractivity contribution in [2.24, 2.45) is 0 Å². The SMILES string of the molecule is Cc1cc(CN(C)C(=O)CC2COCCN2)no1. The lowest BCUT2D eigenvalue weighted by molar-refractivity contribution is -0.131. The third kappa shape index (κ3) is 3.54. The molecule has 0 aromatic carbocycles. The number of aryl methyl sites for hydroxylation is 1. The molecule has 100 valence electrons. The summed E-state index contributed by atoms with van der Waals surface area (Å²) >= 11 is 0. The van der Waals surface area contributed by atoms with Gasteiger partial charge in [-0.3, -0.25) is 4.79 Å². The van der Waals surface area contributed by atoms with Crippen molar-refractivity contribution in [2.45, 2.75) is 25.9 Å². The summed E-state index contributed by atoms with van der Waals surface area (Å²) in [6.45, 7) is 4.44. The van der Waals surface area contributed by atoms with E-state index in [1.165, 1.54) is 0 Å². The zero-order valence-electron chi connectivity index (χ0n) is 10.8. The molecular weight excluding hydrogens is 234 g/mol. The highest BCUT2D eigenvalue weighted by atomic mass is 16.5. The molecule has 1 saturated heterocycles. The van der Waals surface area contributed by atoms with Crippen LogP contribution in [0.25, 0.3) is 0 Å². The van der Waals surface area contributed by atoms with Crippen molar-refractivity contribution < 1.29 is 14.1 Å². The molecule has 0 saturated carbocycles. The second-order valence-corrected chi connectivity index (χ2v) is 4.61. The molecule has 2 rings (SSSR count). The summed E-state index contributed by atoms with van der Waals surface area (Å²) in [6.07, 6.45) is 0.452. The van der Waals surface area contributed by atoms with Gasteiger partial charge >= 0.3 is 0 Å². The minimum Gasteiger partial charge on any atom is -0.378 e. The maximum atomic E-state index is 12.0. The van der Waals surface area contributed by atoms with Gasteiger partial charge in [0.25, 0.3) is 0 Å². The minimum absolute atomic E-state index is 0.0821. The van der Waals surface area contributed by atoms with Gasteiger partial charge in [-0.05, 0) is 6.92 Å². The van der Waals surface area contributed by atoms with Gasteiger partial charge < -0.3 is 19.5 Å². The lowest BCUT2D eigenvalue weighted by Gasteiger charge is -2.25. The molecule has 6 heteroatoms. The Kier molecular flexibility index (Phi) is 4.33. The molecule has 18 heavy (non-hydrogen) atoms. The van der Waals surface area contributed by atoms with Gasteiger partial charge in [0.1, 0.15) is 11.5 Å². The van der Waals surface area contributed by atoms with Crippen molar-refractivity contribution in [3.8, 4) is 0 Å². The molecule has 1 aliphatic rings. The Morgan fingerprint density at radius 3 is 3.11 bits per heavy atom. The fourth-order valence-corrected chi connectivity index (χ4v) is 1.94. The Labute approximate surface area is 106 Å². The second-order valence-electron chi connectivity index (χ2n) is 4.61. The minimum atomic E-state index is 0.0821. The van der Waals surface area contributed by atoms with Crippen LogP contribution in [0.2, 0.25) is 0 Å². The van der Waals surface area contributed by atoms with E-state index in [-0.39, 0.29) is 11.9 Å². The second kappa shape index (κ2) is 5.97. The van der Waals surface area contributed by atoms with Gasteiger partial charge in [-0.1, -0.05) is 5.16 Å². The van der Waals surface area contributed by atoms with Gasteiger partial charge in [0.05, 0.1) is 19.8 Å². The van der Waals surface area contributed by atoms with Crippen LogP contribution < -0.4 is 5.32 Å². The third-order valence-corrected chi connectivity index (χ3v) is 2.92. The summed E-state index contributed by atoms with van der Waals surface area (Å²) in [4.78, 5) is 13.7. The normalized spacial score (nSPS) is 19.8. The predicted octanol–water partition coefficient (Wildman–Crippen LogP) is 0.320. The Bertz CT molecular complexity index is 399. The number of nitrogens with zero attached hydrogens (tertiary/aromatic N) is 2. The smallest absolute Gasteiger partial charge is 0.224 e. The van der Waals surface area contributed by atoms with Crippen molar-refractivity contribution >= 4 is 5.91 Å². The summed E-state index contributed by atoms with van der Waals surface area (Å²) in [5.74, 6) is 0.840. The van der Waals surface area contributed by atoms with Crippen LogP contribution in [-0.2, 0) is 16.1 Å². The van der Waals surface area contributed by atoms with Crippen LogP contribution in [-0.4, -0.2) is 48.8 Å². The zero-order chi connectivity index (χ0) is 13.0. The van der Waals surface area contributed by atoms with E-state index in [4.69, 9.17) is 9.26 Å². The quantitative estimate of drug-likeness (QED) is 0.837. The monoisotopic (exact) mass is 253 g/mol. The Morgan fingerprint density at radius 2 is 2.50 bits per heavy atom. The fourth-order valence-electron chi connectivity index (χ4n) is 1.94. The van der Waals surface area contributed by atoms with E-state index in [0.29, 0.717) is 19.6 Å².